The van der Waals surface area contributed by atoms with Crippen molar-refractivity contribution in [3.8, 4) is 5.75 Å². The summed E-state index contributed by atoms with van der Waals surface area (Å²) in [6, 6.07) is 0. The lowest BCUT2D eigenvalue weighted by molar-refractivity contribution is 0.403. The quantitative estimate of drug-likeness (QED) is 0.585. The molecule has 1 heterocycles. The van der Waals surface area contributed by atoms with E-state index in [1.54, 1.807) is 0 Å². The average molecular weight is 182 g/mol. The normalized spacial score (nSPS) is 9.00. The second kappa shape index (κ2) is 3.55. The number of rotatable bonds is 2. The number of nitrogens with zero attached hydrogens (tertiary/aromatic N) is 1. The highest BCUT2D eigenvalue weighted by atomic mass is 16.5. The van der Waals surface area contributed by atoms with Crippen molar-refractivity contribution in [2.45, 2.75) is 0 Å². The van der Waals surface area contributed by atoms with Crippen LogP contribution in [0.3, 0.4) is 0 Å². The summed E-state index contributed by atoms with van der Waals surface area (Å²) >= 11 is 0. The summed E-state index contributed by atoms with van der Waals surface area (Å²) in [5.41, 5.74) is -1.41. The van der Waals surface area contributed by atoms with E-state index >= 15 is 0 Å². The molecular formula is C7H6N2O4. The SMILES string of the molecule is COc1c[nH]c(=O)n(C=C=O)c1=O. The van der Waals surface area contributed by atoms with Gasteiger partial charge in [-0.3, -0.25) is 4.79 Å². The van der Waals surface area contributed by atoms with Crippen LogP contribution in [0.5, 0.6) is 5.75 Å². The van der Waals surface area contributed by atoms with Gasteiger partial charge in [0.05, 0.1) is 13.3 Å². The van der Waals surface area contributed by atoms with Gasteiger partial charge in [0.15, 0.2) is 0 Å². The summed E-state index contributed by atoms with van der Waals surface area (Å²) in [5, 5.41) is 0. The minimum Gasteiger partial charge on any atom is -0.490 e. The molecule has 0 fully saturated rings. The predicted octanol–water partition coefficient (Wildman–Crippen LogP) is -1.15. The number of methoxy groups -OCH3 is 1. The molecule has 0 radical (unpaired) electrons. The van der Waals surface area contributed by atoms with Gasteiger partial charge in [-0.25, -0.2) is 14.2 Å². The highest BCUT2D eigenvalue weighted by Gasteiger charge is 2.04. The number of aromatic nitrogens is 2. The molecule has 1 rings (SSSR count). The van der Waals surface area contributed by atoms with Crippen molar-refractivity contribution in [2.75, 3.05) is 7.11 Å². The van der Waals surface area contributed by atoms with Crippen LogP contribution in [0.1, 0.15) is 0 Å². The molecule has 0 saturated heterocycles. The van der Waals surface area contributed by atoms with Crippen molar-refractivity contribution in [3.63, 3.8) is 0 Å². The van der Waals surface area contributed by atoms with E-state index in [-0.39, 0.29) is 5.75 Å². The molecule has 13 heavy (non-hydrogen) atoms. The summed E-state index contributed by atoms with van der Waals surface area (Å²) in [6.45, 7) is 0. The fourth-order valence-electron chi connectivity index (χ4n) is 0.786. The van der Waals surface area contributed by atoms with E-state index in [1.807, 2.05) is 0 Å². The Morgan fingerprint density at radius 2 is 2.31 bits per heavy atom. The lowest BCUT2D eigenvalue weighted by Gasteiger charge is -1.98. The third-order valence-electron chi connectivity index (χ3n) is 1.38. The molecule has 1 N–H and O–H groups in total. The minimum atomic E-state index is -0.714. The summed E-state index contributed by atoms with van der Waals surface area (Å²) in [5.74, 6) is 1.28. The van der Waals surface area contributed by atoms with Crippen molar-refractivity contribution in [1.29, 1.82) is 0 Å². The van der Waals surface area contributed by atoms with E-state index in [1.165, 1.54) is 13.1 Å². The Balaban J connectivity index is 3.57. The van der Waals surface area contributed by atoms with Gasteiger partial charge >= 0.3 is 11.2 Å². The minimum absolute atomic E-state index is 0.0499. The zero-order valence-corrected chi connectivity index (χ0v) is 6.73. The van der Waals surface area contributed by atoms with E-state index in [0.717, 1.165) is 6.20 Å². The number of ether oxygens (including phenoxy) is 1. The molecule has 0 bridgehead atoms. The Labute approximate surface area is 72.1 Å². The van der Waals surface area contributed by atoms with E-state index in [4.69, 9.17) is 0 Å². The first-order chi connectivity index (χ1) is 6.20. The number of carbonyl (C=O) groups excluding carboxylic acids is 1. The molecule has 0 aromatic carbocycles. The molecule has 0 atom stereocenters. The topological polar surface area (TPSA) is 81.2 Å². The smallest absolute Gasteiger partial charge is 0.333 e. The van der Waals surface area contributed by atoms with Crippen molar-refractivity contribution in [1.82, 2.24) is 9.55 Å². The highest BCUT2D eigenvalue weighted by Crippen LogP contribution is 1.93. The van der Waals surface area contributed by atoms with Gasteiger partial charge in [0.25, 0.3) is 0 Å². The van der Waals surface area contributed by atoms with E-state index < -0.39 is 11.2 Å². The molecule has 0 spiro atoms. The van der Waals surface area contributed by atoms with Crippen LogP contribution in [0.15, 0.2) is 15.8 Å². The van der Waals surface area contributed by atoms with Crippen LogP contribution in [0.25, 0.3) is 6.20 Å². The summed E-state index contributed by atoms with van der Waals surface area (Å²) in [7, 11) is 1.28. The average Bonchev–Trinajstić information content (AvgIpc) is 2.12. The number of H-pyrrole nitrogens is 1. The van der Waals surface area contributed by atoms with Crippen molar-refractivity contribution in [2.24, 2.45) is 0 Å². The molecule has 0 aliphatic rings. The zero-order valence-electron chi connectivity index (χ0n) is 6.73. The van der Waals surface area contributed by atoms with Crippen LogP contribution in [0.2, 0.25) is 0 Å². The van der Waals surface area contributed by atoms with Gasteiger partial charge < -0.3 is 9.72 Å². The summed E-state index contributed by atoms with van der Waals surface area (Å²) in [6.07, 6.45) is 1.82. The van der Waals surface area contributed by atoms with Gasteiger partial charge in [-0.2, -0.15) is 0 Å². The van der Waals surface area contributed by atoms with E-state index in [9.17, 15) is 14.4 Å². The molecule has 6 nitrogen and oxygen atoms in total. The van der Waals surface area contributed by atoms with Crippen LogP contribution in [-0.2, 0) is 4.79 Å². The standard InChI is InChI=1S/C7H6N2O4/c1-13-5-4-8-7(12)9(2-3-10)6(5)11/h2,4H,1H3,(H,8,12). The fraction of sp³-hybridized carbons (Fsp3) is 0.143. The Morgan fingerprint density at radius 1 is 1.62 bits per heavy atom. The molecule has 0 aliphatic heterocycles. The van der Waals surface area contributed by atoms with Crippen LogP contribution >= 0.6 is 0 Å². The number of aromatic amines is 1. The second-order valence-electron chi connectivity index (χ2n) is 2.08. The monoisotopic (exact) mass is 182 g/mol. The maximum absolute atomic E-state index is 11.2. The molecule has 1 aromatic heterocycles. The lowest BCUT2D eigenvalue weighted by Crippen LogP contribution is -2.31. The fourth-order valence-corrected chi connectivity index (χ4v) is 0.786. The van der Waals surface area contributed by atoms with Crippen molar-refractivity contribution < 1.29 is 9.53 Å². The molecule has 68 valence electrons. The third-order valence-corrected chi connectivity index (χ3v) is 1.38. The Kier molecular flexibility index (Phi) is 2.47. The second-order valence-corrected chi connectivity index (χ2v) is 2.08. The van der Waals surface area contributed by atoms with Gasteiger partial charge in [0, 0.05) is 0 Å². The van der Waals surface area contributed by atoms with Gasteiger partial charge in [0.1, 0.15) is 12.1 Å². The third kappa shape index (κ3) is 1.57. The predicted molar refractivity (Wildman–Crippen MR) is 44.3 cm³/mol. The van der Waals surface area contributed by atoms with Gasteiger partial charge in [-0.05, 0) is 0 Å². The molecule has 0 aliphatic carbocycles. The molecule has 0 amide bonds. The number of hydrogen-bond acceptors (Lipinski definition) is 4. The van der Waals surface area contributed by atoms with Crippen LogP contribution in [0, 0.1) is 0 Å². The number of nitrogens with one attached hydrogen (secondary N) is 1. The Morgan fingerprint density at radius 3 is 2.85 bits per heavy atom. The summed E-state index contributed by atoms with van der Waals surface area (Å²) < 4.78 is 5.21. The van der Waals surface area contributed by atoms with Gasteiger partial charge in [0.2, 0.25) is 5.75 Å². The van der Waals surface area contributed by atoms with Crippen LogP contribution in [-0.4, -0.2) is 22.6 Å². The van der Waals surface area contributed by atoms with Crippen molar-refractivity contribution in [3.05, 3.63) is 27.0 Å². The molecule has 0 saturated carbocycles. The first kappa shape index (κ1) is 9.02. The van der Waals surface area contributed by atoms with E-state index in [0.29, 0.717) is 10.8 Å². The highest BCUT2D eigenvalue weighted by molar-refractivity contribution is 5.63. The summed E-state index contributed by atoms with van der Waals surface area (Å²) in [4.78, 5) is 34.3. The number of hydrogen-bond donors (Lipinski definition) is 1. The van der Waals surface area contributed by atoms with Gasteiger partial charge in [-0.1, -0.05) is 0 Å². The molecule has 6 heteroatoms. The van der Waals surface area contributed by atoms with Crippen molar-refractivity contribution >= 4 is 12.1 Å². The maximum atomic E-state index is 11.2. The first-order valence-corrected chi connectivity index (χ1v) is 3.30. The Bertz CT molecular complexity index is 464. The first-order valence-electron chi connectivity index (χ1n) is 3.30. The van der Waals surface area contributed by atoms with Crippen LogP contribution < -0.4 is 16.0 Å². The maximum Gasteiger partial charge on any atom is 0.333 e. The molecular weight excluding hydrogens is 176 g/mol. The Hall–Kier alpha value is -2.07. The van der Waals surface area contributed by atoms with Crippen LogP contribution in [0.4, 0.5) is 0 Å². The largest absolute Gasteiger partial charge is 0.490 e. The molecule has 1 aromatic rings. The van der Waals surface area contributed by atoms with E-state index in [2.05, 4.69) is 9.72 Å². The van der Waals surface area contributed by atoms with Gasteiger partial charge in [-0.15, -0.1) is 0 Å². The zero-order chi connectivity index (χ0) is 9.84. The molecule has 0 unspecified atom stereocenters. The lowest BCUT2D eigenvalue weighted by atomic mass is 10.6.